The van der Waals surface area contributed by atoms with Gasteiger partial charge < -0.3 is 20.5 Å². The van der Waals surface area contributed by atoms with E-state index < -0.39 is 29.8 Å². The van der Waals surface area contributed by atoms with Gasteiger partial charge >= 0.3 is 12.1 Å². The molecular weight excluding hydrogens is 436 g/mol. The van der Waals surface area contributed by atoms with Gasteiger partial charge in [0.2, 0.25) is 0 Å². The zero-order chi connectivity index (χ0) is 24.4. The molecule has 6 nitrogen and oxygen atoms in total. The van der Waals surface area contributed by atoms with E-state index in [-0.39, 0.29) is 5.92 Å². The summed E-state index contributed by atoms with van der Waals surface area (Å²) in [6, 6.07) is 19.0. The van der Waals surface area contributed by atoms with Crippen LogP contribution >= 0.6 is 12.2 Å². The predicted octanol–water partition coefficient (Wildman–Crippen LogP) is 4.59. The van der Waals surface area contributed by atoms with Gasteiger partial charge in [-0.25, -0.2) is 4.79 Å². The number of nitrogens with two attached hydrogens (primary N) is 1. The largest absolute Gasteiger partial charge is 0.460 e. The molecule has 0 saturated heterocycles. The van der Waals surface area contributed by atoms with Crippen molar-refractivity contribution in [3.05, 3.63) is 71.8 Å². The molecule has 2 aromatic carbocycles. The average molecular weight is 471 g/mol. The minimum Gasteiger partial charge on any atom is -0.460 e. The molecule has 2 aromatic rings. The fourth-order valence-corrected chi connectivity index (χ4v) is 3.77. The zero-order valence-corrected chi connectivity index (χ0v) is 20.6. The quantitative estimate of drug-likeness (QED) is 0.390. The van der Waals surface area contributed by atoms with Crippen molar-refractivity contribution in [2.24, 2.45) is 11.7 Å². The van der Waals surface area contributed by atoms with Crippen molar-refractivity contribution in [2.75, 3.05) is 0 Å². The smallest absolute Gasteiger partial charge is 0.408 e. The lowest BCUT2D eigenvalue weighted by Crippen LogP contribution is -2.49. The summed E-state index contributed by atoms with van der Waals surface area (Å²) in [5.41, 5.74) is 7.49. The number of amides is 1. The Morgan fingerprint density at radius 1 is 0.970 bits per heavy atom. The SMILES string of the molecule is CC(=O)O[C@@H](C[C@@H](Cc1ccccc1)C(N)=S)[C@H](Cc1ccccc1)NC(=O)OC(C)(C)C. The lowest BCUT2D eigenvalue weighted by molar-refractivity contribution is -0.148. The third kappa shape index (κ3) is 10.0. The molecule has 0 aliphatic carbocycles. The zero-order valence-electron chi connectivity index (χ0n) is 19.7. The number of esters is 1. The summed E-state index contributed by atoms with van der Waals surface area (Å²) in [7, 11) is 0. The number of alkyl carbamates (subject to hydrolysis) is 1. The number of rotatable bonds is 10. The Bertz CT molecular complexity index is 913. The van der Waals surface area contributed by atoms with E-state index in [4.69, 9.17) is 27.4 Å². The third-order valence-corrected chi connectivity index (χ3v) is 5.34. The summed E-state index contributed by atoms with van der Waals surface area (Å²) in [6.07, 6.45) is 0.212. The van der Waals surface area contributed by atoms with Crippen LogP contribution in [0.3, 0.4) is 0 Å². The molecule has 0 aromatic heterocycles. The summed E-state index contributed by atoms with van der Waals surface area (Å²) < 4.78 is 11.2. The van der Waals surface area contributed by atoms with E-state index in [0.717, 1.165) is 11.1 Å². The molecule has 1 amide bonds. The number of nitrogens with one attached hydrogen (secondary N) is 1. The Labute approximate surface area is 201 Å². The van der Waals surface area contributed by atoms with Crippen molar-refractivity contribution in [2.45, 2.75) is 64.7 Å². The summed E-state index contributed by atoms with van der Waals surface area (Å²) in [4.78, 5) is 25.0. The number of benzene rings is 2. The van der Waals surface area contributed by atoms with Gasteiger partial charge in [-0.2, -0.15) is 0 Å². The Balaban J connectivity index is 2.30. The number of hydrogen-bond acceptors (Lipinski definition) is 5. The van der Waals surface area contributed by atoms with E-state index in [0.29, 0.717) is 24.3 Å². The van der Waals surface area contributed by atoms with Gasteiger partial charge in [-0.15, -0.1) is 0 Å². The maximum Gasteiger partial charge on any atom is 0.408 e. The average Bonchev–Trinajstić information content (AvgIpc) is 2.72. The molecule has 7 heteroatoms. The second-order valence-corrected chi connectivity index (χ2v) is 9.59. The Morgan fingerprint density at radius 2 is 1.48 bits per heavy atom. The fraction of sp³-hybridized carbons (Fsp3) is 0.423. The highest BCUT2D eigenvalue weighted by Gasteiger charge is 2.31. The molecule has 0 aliphatic rings. The molecule has 0 fully saturated rings. The molecule has 0 saturated carbocycles. The van der Waals surface area contributed by atoms with Gasteiger partial charge in [0.05, 0.1) is 11.0 Å². The van der Waals surface area contributed by atoms with Crippen LogP contribution in [0.2, 0.25) is 0 Å². The standard InChI is InChI=1S/C26H34N2O4S/c1-18(29)31-23(17-21(24(27)33)15-19-11-7-5-8-12-19)22(16-20-13-9-6-10-14-20)28-25(30)32-26(2,3)4/h5-14,21-23H,15-17H2,1-4H3,(H2,27,33)(H,28,30)/t21-,22+,23+/m1/s1. The van der Waals surface area contributed by atoms with Gasteiger partial charge in [0.15, 0.2) is 0 Å². The number of thiocarbonyl (C=S) groups is 1. The van der Waals surface area contributed by atoms with E-state index in [1.165, 1.54) is 6.92 Å². The molecule has 0 heterocycles. The minimum atomic E-state index is -0.660. The number of carbonyl (C=O) groups is 2. The third-order valence-electron chi connectivity index (χ3n) is 5.01. The van der Waals surface area contributed by atoms with E-state index in [9.17, 15) is 9.59 Å². The molecule has 0 spiro atoms. The Morgan fingerprint density at radius 3 is 1.94 bits per heavy atom. The van der Waals surface area contributed by atoms with Crippen LogP contribution in [0, 0.1) is 5.92 Å². The predicted molar refractivity (Wildman–Crippen MR) is 134 cm³/mol. The first-order valence-electron chi connectivity index (χ1n) is 11.1. The summed E-state index contributed by atoms with van der Waals surface area (Å²) in [5, 5.41) is 2.91. The molecular formula is C26H34N2O4S. The second kappa shape index (κ2) is 12.3. The van der Waals surface area contributed by atoms with Crippen molar-refractivity contribution in [1.82, 2.24) is 5.32 Å². The Hall–Kier alpha value is -2.93. The van der Waals surface area contributed by atoms with Crippen LogP contribution in [0.15, 0.2) is 60.7 Å². The lowest BCUT2D eigenvalue weighted by Gasteiger charge is -2.31. The van der Waals surface area contributed by atoms with Crippen LogP contribution < -0.4 is 11.1 Å². The molecule has 0 radical (unpaired) electrons. The van der Waals surface area contributed by atoms with E-state index in [2.05, 4.69) is 5.32 Å². The highest BCUT2D eigenvalue weighted by atomic mass is 32.1. The highest BCUT2D eigenvalue weighted by Crippen LogP contribution is 2.21. The van der Waals surface area contributed by atoms with E-state index >= 15 is 0 Å². The summed E-state index contributed by atoms with van der Waals surface area (Å²) in [6.45, 7) is 6.74. The van der Waals surface area contributed by atoms with Crippen LogP contribution in [-0.4, -0.2) is 34.8 Å². The van der Waals surface area contributed by atoms with Crippen LogP contribution in [0.5, 0.6) is 0 Å². The van der Waals surface area contributed by atoms with Gasteiger partial charge in [-0.1, -0.05) is 72.9 Å². The van der Waals surface area contributed by atoms with Crippen molar-refractivity contribution in [1.29, 1.82) is 0 Å². The van der Waals surface area contributed by atoms with Crippen LogP contribution in [0.25, 0.3) is 0 Å². The monoisotopic (exact) mass is 470 g/mol. The molecule has 33 heavy (non-hydrogen) atoms. The minimum absolute atomic E-state index is 0.217. The van der Waals surface area contributed by atoms with Gasteiger partial charge in [0.25, 0.3) is 0 Å². The normalized spacial score (nSPS) is 13.9. The summed E-state index contributed by atoms with van der Waals surface area (Å²) in [5.74, 6) is -0.657. The van der Waals surface area contributed by atoms with Crippen molar-refractivity contribution < 1.29 is 19.1 Å². The fourth-order valence-electron chi connectivity index (χ4n) is 3.59. The van der Waals surface area contributed by atoms with Gasteiger partial charge in [0.1, 0.15) is 11.7 Å². The first-order valence-corrected chi connectivity index (χ1v) is 11.5. The number of hydrogen-bond donors (Lipinski definition) is 2. The van der Waals surface area contributed by atoms with Crippen LogP contribution in [0.1, 0.15) is 45.2 Å². The maximum atomic E-state index is 12.6. The van der Waals surface area contributed by atoms with Crippen molar-refractivity contribution >= 4 is 29.3 Å². The van der Waals surface area contributed by atoms with Crippen molar-refractivity contribution in [3.63, 3.8) is 0 Å². The first kappa shape index (κ1) is 26.3. The molecule has 178 valence electrons. The molecule has 0 aliphatic heterocycles. The van der Waals surface area contributed by atoms with Gasteiger partial charge in [-0.3, -0.25) is 4.79 Å². The topological polar surface area (TPSA) is 90.6 Å². The lowest BCUT2D eigenvalue weighted by atomic mass is 9.89. The Kier molecular flexibility index (Phi) is 9.85. The highest BCUT2D eigenvalue weighted by molar-refractivity contribution is 7.80. The first-order chi connectivity index (χ1) is 15.5. The number of ether oxygens (including phenoxy) is 2. The molecule has 0 bridgehead atoms. The summed E-state index contributed by atoms with van der Waals surface area (Å²) >= 11 is 5.35. The molecule has 0 unspecified atom stereocenters. The molecule has 2 rings (SSSR count). The molecule has 3 N–H and O–H groups in total. The van der Waals surface area contributed by atoms with Crippen molar-refractivity contribution in [3.8, 4) is 0 Å². The second-order valence-electron chi connectivity index (χ2n) is 9.12. The van der Waals surface area contributed by atoms with Gasteiger partial charge in [0, 0.05) is 12.8 Å². The maximum absolute atomic E-state index is 12.6. The van der Waals surface area contributed by atoms with Crippen LogP contribution in [-0.2, 0) is 27.1 Å². The number of carbonyl (C=O) groups excluding carboxylic acids is 2. The molecule has 3 atom stereocenters. The van der Waals surface area contributed by atoms with Crippen LogP contribution in [0.4, 0.5) is 4.79 Å². The van der Waals surface area contributed by atoms with Gasteiger partial charge in [-0.05, 0) is 51.2 Å². The van der Waals surface area contributed by atoms with E-state index in [1.807, 2.05) is 60.7 Å². The van der Waals surface area contributed by atoms with E-state index in [1.54, 1.807) is 20.8 Å².